The molecule has 3 aliphatic rings. The first kappa shape index (κ1) is 41.1. The maximum absolute atomic E-state index is 14.9. The molecule has 6 rings (SSSR count). The highest BCUT2D eigenvalue weighted by molar-refractivity contribution is 5.99. The molecule has 2 aromatic carbocycles. The quantitative estimate of drug-likeness (QED) is 0.156. The molecule has 1 saturated heterocycles. The standard InChI is InChI=1S/C43H53N5O9/c1-7-28-22-42(28,40(53)54)47-39(52)43(55)23-30(57-34-21-32(26-14-10-8-11-15-26)45-33-20-29(56-6)18-19-31(33)34)24-48(43)38(51)36(41(3,4)5)46-37(50)35(44-25(2)49)27-16-12-9-13-17-27/h7-8,10-11,14-15,18-21,27-28,30,35-36,55H,1,9,12-13,16-17,22-24H2,2-6H3,(H,44,49)(H,46,50)(H,47,52)(H,53,54)/t28?,30-,35?,36?,42?,43?/m1/s1. The summed E-state index contributed by atoms with van der Waals surface area (Å²) < 4.78 is 12.1. The zero-order valence-electron chi connectivity index (χ0n) is 33.2. The van der Waals surface area contributed by atoms with E-state index in [0.717, 1.165) is 42.6 Å². The molecule has 6 atom stereocenters. The number of aromatic nitrogens is 1. The van der Waals surface area contributed by atoms with Crippen molar-refractivity contribution in [2.75, 3.05) is 13.7 Å². The number of amides is 4. The third-order valence-corrected chi connectivity index (χ3v) is 11.5. The van der Waals surface area contributed by atoms with E-state index in [0.29, 0.717) is 28.1 Å². The topological polar surface area (TPSA) is 196 Å². The van der Waals surface area contributed by atoms with Gasteiger partial charge in [-0.25, -0.2) is 9.78 Å². The van der Waals surface area contributed by atoms with Crippen LogP contribution in [0.3, 0.4) is 0 Å². The molecule has 0 radical (unpaired) electrons. The number of hydrogen-bond donors (Lipinski definition) is 5. The largest absolute Gasteiger partial charge is 0.497 e. The van der Waals surface area contributed by atoms with Crippen molar-refractivity contribution < 1.29 is 43.7 Å². The van der Waals surface area contributed by atoms with Crippen LogP contribution in [-0.4, -0.2) is 92.8 Å². The molecule has 14 nitrogen and oxygen atoms in total. The fraction of sp³-hybridized carbons (Fsp3) is 0.488. The number of benzene rings is 2. The van der Waals surface area contributed by atoms with Gasteiger partial charge in [-0.2, -0.15) is 0 Å². The molecule has 14 heteroatoms. The fourth-order valence-corrected chi connectivity index (χ4v) is 8.19. The molecule has 2 aliphatic carbocycles. The van der Waals surface area contributed by atoms with E-state index in [-0.39, 0.29) is 24.8 Å². The third-order valence-electron chi connectivity index (χ3n) is 11.5. The molecule has 2 saturated carbocycles. The van der Waals surface area contributed by atoms with Crippen LogP contribution in [0.4, 0.5) is 0 Å². The number of likely N-dealkylation sites (tertiary alicyclic amines) is 1. The van der Waals surface area contributed by atoms with Gasteiger partial charge in [0, 0.05) is 42.3 Å². The number of ether oxygens (including phenoxy) is 2. The maximum atomic E-state index is 14.9. The van der Waals surface area contributed by atoms with Gasteiger partial charge >= 0.3 is 5.97 Å². The lowest BCUT2D eigenvalue weighted by atomic mass is 9.82. The minimum absolute atomic E-state index is 0.0582. The SMILES string of the molecule is C=CC1CC1(NC(=O)C1(O)C[C@@H](Oc2cc(-c3ccccc3)nc3cc(OC)ccc23)CN1C(=O)C(NC(=O)C(NC(C)=O)C1CCCCC1)C(C)(C)C)C(=O)O. The first-order chi connectivity index (χ1) is 27.0. The van der Waals surface area contributed by atoms with E-state index in [1.54, 1.807) is 52.1 Å². The van der Waals surface area contributed by atoms with Crippen LogP contribution in [0.1, 0.15) is 72.6 Å². The summed E-state index contributed by atoms with van der Waals surface area (Å²) in [6, 6.07) is 14.3. The number of carbonyl (C=O) groups is 5. The van der Waals surface area contributed by atoms with Crippen LogP contribution in [0.15, 0.2) is 67.3 Å². The molecule has 2 heterocycles. The van der Waals surface area contributed by atoms with Gasteiger partial charge in [0.2, 0.25) is 23.4 Å². The second-order valence-corrected chi connectivity index (χ2v) is 16.6. The first-order valence-corrected chi connectivity index (χ1v) is 19.5. The van der Waals surface area contributed by atoms with Crippen LogP contribution in [0, 0.1) is 17.3 Å². The van der Waals surface area contributed by atoms with Gasteiger partial charge in [-0.1, -0.05) is 76.4 Å². The van der Waals surface area contributed by atoms with Crippen LogP contribution < -0.4 is 25.4 Å². The smallest absolute Gasteiger partial charge is 0.330 e. The van der Waals surface area contributed by atoms with E-state index in [1.807, 2.05) is 30.3 Å². The Morgan fingerprint density at radius 2 is 1.70 bits per heavy atom. The van der Waals surface area contributed by atoms with Crippen molar-refractivity contribution in [1.82, 2.24) is 25.8 Å². The maximum Gasteiger partial charge on any atom is 0.330 e. The Hall–Kier alpha value is -5.50. The van der Waals surface area contributed by atoms with Crippen LogP contribution in [0.2, 0.25) is 0 Å². The number of aliphatic hydroxyl groups is 1. The molecule has 0 bridgehead atoms. The Morgan fingerprint density at radius 3 is 2.30 bits per heavy atom. The molecule has 1 aliphatic heterocycles. The Balaban J connectivity index is 1.37. The van der Waals surface area contributed by atoms with Crippen molar-refractivity contribution in [3.8, 4) is 22.8 Å². The summed E-state index contributed by atoms with van der Waals surface area (Å²) in [4.78, 5) is 73.8. The average molecular weight is 784 g/mol. The molecule has 3 fully saturated rings. The number of nitrogens with zero attached hydrogens (tertiary/aromatic N) is 2. The molecule has 4 amide bonds. The fourth-order valence-electron chi connectivity index (χ4n) is 8.19. The highest BCUT2D eigenvalue weighted by Crippen LogP contribution is 2.46. The number of methoxy groups -OCH3 is 1. The van der Waals surface area contributed by atoms with Gasteiger partial charge in [0.1, 0.15) is 35.2 Å². The van der Waals surface area contributed by atoms with Gasteiger partial charge in [0.05, 0.1) is 24.9 Å². The number of hydrogen-bond acceptors (Lipinski definition) is 9. The minimum atomic E-state index is -2.60. The zero-order valence-corrected chi connectivity index (χ0v) is 33.2. The first-order valence-electron chi connectivity index (χ1n) is 19.5. The Labute approximate surface area is 332 Å². The van der Waals surface area contributed by atoms with E-state index >= 15 is 0 Å². The van der Waals surface area contributed by atoms with E-state index in [1.165, 1.54) is 13.0 Å². The second-order valence-electron chi connectivity index (χ2n) is 16.6. The second kappa shape index (κ2) is 16.2. The number of fused-ring (bicyclic) bond motifs is 1. The molecule has 5 unspecified atom stereocenters. The lowest BCUT2D eigenvalue weighted by molar-refractivity contribution is -0.172. The molecule has 57 heavy (non-hydrogen) atoms. The van der Waals surface area contributed by atoms with E-state index in [9.17, 15) is 34.2 Å². The van der Waals surface area contributed by atoms with Crippen molar-refractivity contribution in [1.29, 1.82) is 0 Å². The summed E-state index contributed by atoms with van der Waals surface area (Å²) >= 11 is 0. The Morgan fingerprint density at radius 1 is 1.00 bits per heavy atom. The number of aliphatic carboxylic acids is 1. The molecular formula is C43H53N5O9. The molecule has 0 spiro atoms. The average Bonchev–Trinajstić information content (AvgIpc) is 3.81. The minimum Gasteiger partial charge on any atom is -0.497 e. The van der Waals surface area contributed by atoms with E-state index in [2.05, 4.69) is 22.5 Å². The summed E-state index contributed by atoms with van der Waals surface area (Å²) in [6.45, 7) is 9.96. The molecule has 1 aromatic heterocycles. The number of carboxylic acids is 1. The predicted molar refractivity (Wildman–Crippen MR) is 212 cm³/mol. The van der Waals surface area contributed by atoms with Gasteiger partial charge in [-0.05, 0) is 42.7 Å². The van der Waals surface area contributed by atoms with Crippen molar-refractivity contribution in [2.24, 2.45) is 17.3 Å². The normalized spacial score (nSPS) is 24.5. The number of nitrogens with one attached hydrogen (secondary N) is 3. The molecule has 5 N–H and O–H groups in total. The highest BCUT2D eigenvalue weighted by atomic mass is 16.5. The zero-order chi connectivity index (χ0) is 41.3. The van der Waals surface area contributed by atoms with Gasteiger partial charge in [0.25, 0.3) is 5.91 Å². The number of carboxylic acid groups (broad SMARTS) is 1. The van der Waals surface area contributed by atoms with Gasteiger partial charge in [-0.3, -0.25) is 19.2 Å². The number of pyridine rings is 1. The van der Waals surface area contributed by atoms with Crippen molar-refractivity contribution in [3.63, 3.8) is 0 Å². The molecule has 304 valence electrons. The summed E-state index contributed by atoms with van der Waals surface area (Å²) in [6.07, 6.45) is 4.38. The summed E-state index contributed by atoms with van der Waals surface area (Å²) in [5.74, 6) is -3.90. The highest BCUT2D eigenvalue weighted by Gasteiger charge is 2.64. The number of carbonyl (C=O) groups excluding carboxylic acids is 4. The summed E-state index contributed by atoms with van der Waals surface area (Å²) in [5.41, 5.74) is -3.31. The van der Waals surface area contributed by atoms with Crippen LogP contribution in [0.5, 0.6) is 11.5 Å². The van der Waals surface area contributed by atoms with E-state index < -0.39 is 70.9 Å². The summed E-state index contributed by atoms with van der Waals surface area (Å²) in [5, 5.41) is 31.4. The molecular weight excluding hydrogens is 730 g/mol. The van der Waals surface area contributed by atoms with Crippen LogP contribution >= 0.6 is 0 Å². The summed E-state index contributed by atoms with van der Waals surface area (Å²) in [7, 11) is 1.55. The van der Waals surface area contributed by atoms with Crippen LogP contribution in [-0.2, 0) is 24.0 Å². The number of rotatable bonds is 13. The molecule has 3 aromatic rings. The Bertz CT molecular complexity index is 2050. The van der Waals surface area contributed by atoms with Crippen molar-refractivity contribution in [2.45, 2.75) is 102 Å². The monoisotopic (exact) mass is 783 g/mol. The third kappa shape index (κ3) is 8.46. The Kier molecular flexibility index (Phi) is 11.7. The van der Waals surface area contributed by atoms with Gasteiger partial charge in [-0.15, -0.1) is 6.58 Å². The van der Waals surface area contributed by atoms with Crippen LogP contribution in [0.25, 0.3) is 22.2 Å². The van der Waals surface area contributed by atoms with Gasteiger partial charge < -0.3 is 40.5 Å². The van der Waals surface area contributed by atoms with Gasteiger partial charge in [0.15, 0.2) is 0 Å². The van der Waals surface area contributed by atoms with Crippen molar-refractivity contribution >= 4 is 40.5 Å². The lowest BCUT2D eigenvalue weighted by Crippen LogP contribution is -2.66. The lowest BCUT2D eigenvalue weighted by Gasteiger charge is -2.39. The van der Waals surface area contributed by atoms with Crippen molar-refractivity contribution in [3.05, 3.63) is 67.3 Å². The van der Waals surface area contributed by atoms with E-state index in [4.69, 9.17) is 14.5 Å². The predicted octanol–water partition coefficient (Wildman–Crippen LogP) is 4.34.